The SMILES string of the molecule is CN(CC1CCCCO1)C(=O)N[C@@H](CCO)C(=O)O. The number of carboxylic acid groups (broad SMARTS) is 1. The fraction of sp³-hybridized carbons (Fsp3) is 0.833. The molecule has 2 amide bonds. The maximum Gasteiger partial charge on any atom is 0.326 e. The van der Waals surface area contributed by atoms with Crippen molar-refractivity contribution >= 4 is 12.0 Å². The van der Waals surface area contributed by atoms with Crippen molar-refractivity contribution < 1.29 is 24.5 Å². The smallest absolute Gasteiger partial charge is 0.326 e. The summed E-state index contributed by atoms with van der Waals surface area (Å²) in [4.78, 5) is 24.1. The molecular formula is C12H22N2O5. The van der Waals surface area contributed by atoms with Crippen molar-refractivity contribution in [3.63, 3.8) is 0 Å². The molecule has 0 aliphatic carbocycles. The summed E-state index contributed by atoms with van der Waals surface area (Å²) in [6.45, 7) is 0.867. The molecule has 1 rings (SSSR count). The molecule has 2 atom stereocenters. The highest BCUT2D eigenvalue weighted by molar-refractivity contribution is 5.82. The van der Waals surface area contributed by atoms with Crippen molar-refractivity contribution in [2.45, 2.75) is 37.8 Å². The monoisotopic (exact) mass is 274 g/mol. The second-order valence-electron chi connectivity index (χ2n) is 4.72. The number of carbonyl (C=O) groups is 2. The summed E-state index contributed by atoms with van der Waals surface area (Å²) >= 11 is 0. The van der Waals surface area contributed by atoms with Gasteiger partial charge in [0, 0.05) is 33.2 Å². The molecule has 0 spiro atoms. The minimum Gasteiger partial charge on any atom is -0.480 e. The minimum atomic E-state index is -1.15. The van der Waals surface area contributed by atoms with E-state index in [1.165, 1.54) is 4.90 Å². The lowest BCUT2D eigenvalue weighted by Gasteiger charge is -2.28. The molecule has 110 valence electrons. The first-order valence-electron chi connectivity index (χ1n) is 6.51. The van der Waals surface area contributed by atoms with E-state index >= 15 is 0 Å². The maximum absolute atomic E-state index is 11.8. The van der Waals surface area contributed by atoms with Gasteiger partial charge < -0.3 is 25.2 Å². The van der Waals surface area contributed by atoms with Crippen molar-refractivity contribution in [2.24, 2.45) is 0 Å². The lowest BCUT2D eigenvalue weighted by molar-refractivity contribution is -0.139. The molecule has 0 aromatic rings. The van der Waals surface area contributed by atoms with Crippen LogP contribution in [0.5, 0.6) is 0 Å². The van der Waals surface area contributed by atoms with Gasteiger partial charge in [0.1, 0.15) is 6.04 Å². The summed E-state index contributed by atoms with van der Waals surface area (Å²) in [6.07, 6.45) is 3.06. The van der Waals surface area contributed by atoms with Gasteiger partial charge in [0.05, 0.1) is 6.10 Å². The number of carbonyl (C=O) groups excluding carboxylic acids is 1. The van der Waals surface area contributed by atoms with E-state index in [1.807, 2.05) is 0 Å². The molecule has 1 aliphatic heterocycles. The molecule has 1 saturated heterocycles. The van der Waals surface area contributed by atoms with E-state index in [1.54, 1.807) is 7.05 Å². The second kappa shape index (κ2) is 7.96. The third-order valence-electron chi connectivity index (χ3n) is 3.11. The van der Waals surface area contributed by atoms with E-state index in [4.69, 9.17) is 14.9 Å². The highest BCUT2D eigenvalue weighted by atomic mass is 16.5. The summed E-state index contributed by atoms with van der Waals surface area (Å²) in [6, 6.07) is -1.53. The normalized spacial score (nSPS) is 20.6. The van der Waals surface area contributed by atoms with E-state index in [9.17, 15) is 9.59 Å². The van der Waals surface area contributed by atoms with Crippen molar-refractivity contribution in [3.8, 4) is 0 Å². The van der Waals surface area contributed by atoms with Gasteiger partial charge in [0.2, 0.25) is 0 Å². The first kappa shape index (κ1) is 15.7. The summed E-state index contributed by atoms with van der Waals surface area (Å²) < 4.78 is 5.52. The third kappa shape index (κ3) is 5.44. The average molecular weight is 274 g/mol. The van der Waals surface area contributed by atoms with Crippen LogP contribution in [0.15, 0.2) is 0 Å². The van der Waals surface area contributed by atoms with Gasteiger partial charge in [-0.15, -0.1) is 0 Å². The highest BCUT2D eigenvalue weighted by Crippen LogP contribution is 2.13. The molecule has 1 unspecified atom stereocenters. The van der Waals surface area contributed by atoms with Crippen molar-refractivity contribution in [1.82, 2.24) is 10.2 Å². The Balaban J connectivity index is 2.39. The van der Waals surface area contributed by atoms with Gasteiger partial charge in [-0.2, -0.15) is 0 Å². The molecular weight excluding hydrogens is 252 g/mol. The van der Waals surface area contributed by atoms with Gasteiger partial charge in [-0.3, -0.25) is 0 Å². The molecule has 0 saturated carbocycles. The van der Waals surface area contributed by atoms with Crippen LogP contribution < -0.4 is 5.32 Å². The van der Waals surface area contributed by atoms with Crippen LogP contribution in [0.25, 0.3) is 0 Å². The number of nitrogens with zero attached hydrogens (tertiary/aromatic N) is 1. The van der Waals surface area contributed by atoms with Crippen LogP contribution in [0.3, 0.4) is 0 Å². The molecule has 7 nitrogen and oxygen atoms in total. The molecule has 3 N–H and O–H groups in total. The molecule has 0 radical (unpaired) electrons. The zero-order valence-electron chi connectivity index (χ0n) is 11.2. The first-order chi connectivity index (χ1) is 9.04. The van der Waals surface area contributed by atoms with E-state index in [0.717, 1.165) is 19.3 Å². The molecule has 19 heavy (non-hydrogen) atoms. The van der Waals surface area contributed by atoms with Crippen LogP contribution in [0.1, 0.15) is 25.7 Å². The van der Waals surface area contributed by atoms with Crippen LogP contribution in [-0.2, 0) is 9.53 Å². The zero-order valence-corrected chi connectivity index (χ0v) is 11.2. The van der Waals surface area contributed by atoms with Crippen LogP contribution in [0.2, 0.25) is 0 Å². The number of hydrogen-bond acceptors (Lipinski definition) is 4. The van der Waals surface area contributed by atoms with E-state index in [-0.39, 0.29) is 19.1 Å². The summed E-state index contributed by atoms with van der Waals surface area (Å²) in [5, 5.41) is 20.0. The van der Waals surface area contributed by atoms with Crippen molar-refractivity contribution in [1.29, 1.82) is 0 Å². The number of amides is 2. The van der Waals surface area contributed by atoms with Crippen molar-refractivity contribution in [3.05, 3.63) is 0 Å². The number of likely N-dealkylation sites (N-methyl/N-ethyl adjacent to an activating group) is 1. The quantitative estimate of drug-likeness (QED) is 0.635. The van der Waals surface area contributed by atoms with Gasteiger partial charge in [0.15, 0.2) is 0 Å². The fourth-order valence-electron chi connectivity index (χ4n) is 1.99. The molecule has 0 aromatic heterocycles. The van der Waals surface area contributed by atoms with Gasteiger partial charge in [-0.1, -0.05) is 0 Å². The van der Waals surface area contributed by atoms with Crippen LogP contribution in [-0.4, -0.2) is 66.1 Å². The molecule has 1 aliphatic rings. The van der Waals surface area contributed by atoms with Gasteiger partial charge in [0.25, 0.3) is 0 Å². The van der Waals surface area contributed by atoms with E-state index in [2.05, 4.69) is 5.32 Å². The number of aliphatic hydroxyl groups is 1. The van der Waals surface area contributed by atoms with Crippen LogP contribution >= 0.6 is 0 Å². The Bertz CT molecular complexity index is 304. The van der Waals surface area contributed by atoms with Crippen LogP contribution in [0, 0.1) is 0 Å². The van der Waals surface area contributed by atoms with Gasteiger partial charge in [-0.05, 0) is 19.3 Å². The Hall–Kier alpha value is -1.34. The highest BCUT2D eigenvalue weighted by Gasteiger charge is 2.23. The molecule has 1 heterocycles. The summed E-state index contributed by atoms with van der Waals surface area (Å²) in [5.41, 5.74) is 0. The number of aliphatic hydroxyl groups excluding tert-OH is 1. The number of carboxylic acids is 1. The maximum atomic E-state index is 11.8. The number of aliphatic carboxylic acids is 1. The summed E-state index contributed by atoms with van der Waals surface area (Å²) in [7, 11) is 1.60. The minimum absolute atomic E-state index is 0.00512. The van der Waals surface area contributed by atoms with Gasteiger partial charge >= 0.3 is 12.0 Å². The second-order valence-corrected chi connectivity index (χ2v) is 4.72. The Morgan fingerprint density at radius 2 is 2.21 bits per heavy atom. The van der Waals surface area contributed by atoms with E-state index in [0.29, 0.717) is 13.2 Å². The fourth-order valence-corrected chi connectivity index (χ4v) is 1.99. The van der Waals surface area contributed by atoms with Gasteiger partial charge in [-0.25, -0.2) is 9.59 Å². The predicted octanol–water partition coefficient (Wildman–Crippen LogP) is 0.0325. The number of hydrogen-bond donors (Lipinski definition) is 3. The molecule has 0 bridgehead atoms. The Morgan fingerprint density at radius 3 is 2.74 bits per heavy atom. The third-order valence-corrected chi connectivity index (χ3v) is 3.11. The topological polar surface area (TPSA) is 99.1 Å². The Morgan fingerprint density at radius 1 is 1.47 bits per heavy atom. The lowest BCUT2D eigenvalue weighted by atomic mass is 10.1. The lowest BCUT2D eigenvalue weighted by Crippen LogP contribution is -2.49. The number of urea groups is 1. The van der Waals surface area contributed by atoms with Crippen LogP contribution in [0.4, 0.5) is 4.79 Å². The molecule has 0 aromatic carbocycles. The first-order valence-corrected chi connectivity index (χ1v) is 6.51. The molecule has 1 fully saturated rings. The average Bonchev–Trinajstić information content (AvgIpc) is 2.39. The Kier molecular flexibility index (Phi) is 6.58. The summed E-state index contributed by atoms with van der Waals surface area (Å²) in [5.74, 6) is -1.15. The Labute approximate surface area is 112 Å². The zero-order chi connectivity index (χ0) is 14.3. The van der Waals surface area contributed by atoms with E-state index < -0.39 is 18.0 Å². The number of rotatable bonds is 6. The number of nitrogens with one attached hydrogen (secondary N) is 1. The number of ether oxygens (including phenoxy) is 1. The predicted molar refractivity (Wildman–Crippen MR) is 67.9 cm³/mol. The standard InChI is InChI=1S/C12H22N2O5/c1-14(8-9-4-2-3-7-19-9)12(18)13-10(5-6-15)11(16)17/h9-10,15H,2-8H2,1H3,(H,13,18)(H,16,17)/t9?,10-/m0/s1. The molecule has 7 heteroatoms. The largest absolute Gasteiger partial charge is 0.480 e. The van der Waals surface area contributed by atoms with Crippen molar-refractivity contribution in [2.75, 3.05) is 26.8 Å².